The molecule has 2 rings (SSSR count). The van der Waals surface area contributed by atoms with Gasteiger partial charge in [0.1, 0.15) is 11.6 Å². The monoisotopic (exact) mass is 323 g/mol. The Hall–Kier alpha value is -1.39. The van der Waals surface area contributed by atoms with Gasteiger partial charge in [0.15, 0.2) is 0 Å². The van der Waals surface area contributed by atoms with Crippen molar-refractivity contribution in [2.24, 2.45) is 0 Å². The van der Waals surface area contributed by atoms with Gasteiger partial charge in [-0.25, -0.2) is 4.39 Å². The summed E-state index contributed by atoms with van der Waals surface area (Å²) in [4.78, 5) is 0. The van der Waals surface area contributed by atoms with E-state index in [1.54, 1.807) is 6.07 Å². The van der Waals surface area contributed by atoms with Crippen molar-refractivity contribution in [2.75, 3.05) is 0 Å². The van der Waals surface area contributed by atoms with Crippen LogP contribution in [0.5, 0.6) is 5.75 Å². The molecule has 0 radical (unpaired) electrons. The zero-order chi connectivity index (χ0) is 13.8. The molecule has 2 aromatic carbocycles. The van der Waals surface area contributed by atoms with E-state index in [0.29, 0.717) is 12.1 Å². The molecule has 4 heteroatoms. The molecule has 0 saturated heterocycles. The standard InChI is InChI=1S/C15H15BrFNO/c1-10(14-7-6-13(19)8-15(14)17)18-9-11-2-4-12(16)5-3-11/h2-8,10,18-19H,9H2,1H3. The normalized spacial score (nSPS) is 12.4. The zero-order valence-electron chi connectivity index (χ0n) is 10.5. The number of halogens is 2. The Morgan fingerprint density at radius 3 is 2.53 bits per heavy atom. The van der Waals surface area contributed by atoms with Gasteiger partial charge in [-0.05, 0) is 30.7 Å². The Labute approximate surface area is 120 Å². The fourth-order valence-electron chi connectivity index (χ4n) is 1.85. The average molecular weight is 324 g/mol. The zero-order valence-corrected chi connectivity index (χ0v) is 12.1. The number of aromatic hydroxyl groups is 1. The van der Waals surface area contributed by atoms with Gasteiger partial charge in [0.25, 0.3) is 0 Å². The minimum Gasteiger partial charge on any atom is -0.508 e. The summed E-state index contributed by atoms with van der Waals surface area (Å²) in [5.41, 5.74) is 1.68. The van der Waals surface area contributed by atoms with Crippen molar-refractivity contribution >= 4 is 15.9 Å². The van der Waals surface area contributed by atoms with Crippen molar-refractivity contribution in [1.29, 1.82) is 0 Å². The number of rotatable bonds is 4. The molecule has 1 atom stereocenters. The minimum absolute atomic E-state index is 0.0543. The van der Waals surface area contributed by atoms with Crippen molar-refractivity contribution in [3.8, 4) is 5.75 Å². The summed E-state index contributed by atoms with van der Waals surface area (Å²) in [6.45, 7) is 2.56. The summed E-state index contributed by atoms with van der Waals surface area (Å²) in [6, 6.07) is 12.1. The quantitative estimate of drug-likeness (QED) is 0.886. The molecular formula is C15H15BrFNO. The Kier molecular flexibility index (Phi) is 4.56. The maximum atomic E-state index is 13.7. The fraction of sp³-hybridized carbons (Fsp3) is 0.200. The van der Waals surface area contributed by atoms with Crippen LogP contribution in [-0.2, 0) is 6.54 Å². The smallest absolute Gasteiger partial charge is 0.131 e. The summed E-state index contributed by atoms with van der Waals surface area (Å²) in [5.74, 6) is -0.447. The molecule has 2 aromatic rings. The van der Waals surface area contributed by atoms with E-state index in [-0.39, 0.29) is 11.8 Å². The summed E-state index contributed by atoms with van der Waals surface area (Å²) in [7, 11) is 0. The molecule has 0 fully saturated rings. The SMILES string of the molecule is CC(NCc1ccc(Br)cc1)c1ccc(O)cc1F. The lowest BCUT2D eigenvalue weighted by Gasteiger charge is -2.15. The second-order valence-corrected chi connectivity index (χ2v) is 5.35. The van der Waals surface area contributed by atoms with Gasteiger partial charge >= 0.3 is 0 Å². The van der Waals surface area contributed by atoms with E-state index in [9.17, 15) is 9.50 Å². The van der Waals surface area contributed by atoms with Crippen LogP contribution in [0.25, 0.3) is 0 Å². The van der Waals surface area contributed by atoms with Gasteiger partial charge in [0.2, 0.25) is 0 Å². The van der Waals surface area contributed by atoms with Crippen LogP contribution in [-0.4, -0.2) is 5.11 Å². The summed E-state index contributed by atoms with van der Waals surface area (Å²) >= 11 is 3.38. The highest BCUT2D eigenvalue weighted by Crippen LogP contribution is 2.21. The third-order valence-electron chi connectivity index (χ3n) is 2.98. The summed E-state index contributed by atoms with van der Waals surface area (Å²) in [6.07, 6.45) is 0. The Morgan fingerprint density at radius 1 is 1.21 bits per heavy atom. The molecule has 1 unspecified atom stereocenters. The number of nitrogens with one attached hydrogen (secondary N) is 1. The lowest BCUT2D eigenvalue weighted by Crippen LogP contribution is -2.19. The third-order valence-corrected chi connectivity index (χ3v) is 3.50. The molecule has 0 spiro atoms. The van der Waals surface area contributed by atoms with Gasteiger partial charge < -0.3 is 10.4 Å². The molecule has 0 aliphatic heterocycles. The van der Waals surface area contributed by atoms with Crippen molar-refractivity contribution < 1.29 is 9.50 Å². The predicted octanol–water partition coefficient (Wildman–Crippen LogP) is 4.14. The van der Waals surface area contributed by atoms with Gasteiger partial charge in [0.05, 0.1) is 0 Å². The number of hydrogen-bond donors (Lipinski definition) is 2. The van der Waals surface area contributed by atoms with Crippen LogP contribution in [0.1, 0.15) is 24.1 Å². The van der Waals surface area contributed by atoms with Gasteiger partial charge in [-0.15, -0.1) is 0 Å². The van der Waals surface area contributed by atoms with Crippen molar-refractivity contribution in [3.05, 3.63) is 63.9 Å². The first-order valence-electron chi connectivity index (χ1n) is 6.02. The highest BCUT2D eigenvalue weighted by Gasteiger charge is 2.10. The van der Waals surface area contributed by atoms with Crippen molar-refractivity contribution in [1.82, 2.24) is 5.32 Å². The largest absolute Gasteiger partial charge is 0.508 e. The Balaban J connectivity index is 2.01. The lowest BCUT2D eigenvalue weighted by molar-refractivity contribution is 0.463. The fourth-order valence-corrected chi connectivity index (χ4v) is 2.11. The molecule has 0 amide bonds. The molecule has 0 saturated carbocycles. The summed E-state index contributed by atoms with van der Waals surface area (Å²) in [5, 5.41) is 12.4. The van der Waals surface area contributed by atoms with Crippen LogP contribution in [0, 0.1) is 5.82 Å². The van der Waals surface area contributed by atoms with Crippen LogP contribution >= 0.6 is 15.9 Å². The first-order valence-corrected chi connectivity index (χ1v) is 6.82. The van der Waals surface area contributed by atoms with Crippen LogP contribution in [0.3, 0.4) is 0 Å². The highest BCUT2D eigenvalue weighted by atomic mass is 79.9. The highest BCUT2D eigenvalue weighted by molar-refractivity contribution is 9.10. The second kappa shape index (κ2) is 6.17. The number of benzene rings is 2. The van der Waals surface area contributed by atoms with E-state index < -0.39 is 5.82 Å². The molecule has 2 nitrogen and oxygen atoms in total. The topological polar surface area (TPSA) is 32.3 Å². The molecule has 2 N–H and O–H groups in total. The van der Waals surface area contributed by atoms with Crippen LogP contribution < -0.4 is 5.32 Å². The van der Waals surface area contributed by atoms with E-state index in [1.165, 1.54) is 6.07 Å². The minimum atomic E-state index is -0.393. The molecule has 100 valence electrons. The summed E-state index contributed by atoms with van der Waals surface area (Å²) < 4.78 is 14.7. The van der Waals surface area contributed by atoms with Gasteiger partial charge in [-0.1, -0.05) is 34.1 Å². The predicted molar refractivity (Wildman–Crippen MR) is 77.5 cm³/mol. The lowest BCUT2D eigenvalue weighted by atomic mass is 10.1. The molecule has 0 heterocycles. The number of hydrogen-bond acceptors (Lipinski definition) is 2. The molecule has 0 aromatic heterocycles. The van der Waals surface area contributed by atoms with E-state index in [2.05, 4.69) is 21.2 Å². The van der Waals surface area contributed by atoms with Crippen molar-refractivity contribution in [2.45, 2.75) is 19.5 Å². The maximum absolute atomic E-state index is 13.7. The van der Waals surface area contributed by atoms with Crippen LogP contribution in [0.15, 0.2) is 46.9 Å². The van der Waals surface area contributed by atoms with Gasteiger partial charge in [-0.2, -0.15) is 0 Å². The van der Waals surface area contributed by atoms with Gasteiger partial charge in [0, 0.05) is 28.7 Å². The first kappa shape index (κ1) is 14.0. The van der Waals surface area contributed by atoms with E-state index in [1.807, 2.05) is 31.2 Å². The van der Waals surface area contributed by atoms with Crippen molar-refractivity contribution in [3.63, 3.8) is 0 Å². The van der Waals surface area contributed by atoms with Crippen LogP contribution in [0.2, 0.25) is 0 Å². The molecule has 0 aliphatic rings. The molecular weight excluding hydrogens is 309 g/mol. The average Bonchev–Trinajstić information content (AvgIpc) is 2.37. The molecule has 0 bridgehead atoms. The van der Waals surface area contributed by atoms with Gasteiger partial charge in [-0.3, -0.25) is 0 Å². The van der Waals surface area contributed by atoms with Crippen LogP contribution in [0.4, 0.5) is 4.39 Å². The molecule has 19 heavy (non-hydrogen) atoms. The second-order valence-electron chi connectivity index (χ2n) is 4.43. The number of phenols is 1. The maximum Gasteiger partial charge on any atom is 0.131 e. The van der Waals surface area contributed by atoms with E-state index in [4.69, 9.17) is 0 Å². The first-order chi connectivity index (χ1) is 9.06. The van der Waals surface area contributed by atoms with E-state index >= 15 is 0 Å². The number of phenolic OH excluding ortho intramolecular Hbond substituents is 1. The molecule has 0 aliphatic carbocycles. The third kappa shape index (κ3) is 3.78. The van der Waals surface area contributed by atoms with E-state index in [0.717, 1.165) is 16.1 Å². The Morgan fingerprint density at radius 2 is 1.89 bits per heavy atom. The Bertz CT molecular complexity index is 557.